The number of benzene rings is 2. The highest BCUT2D eigenvalue weighted by Gasteiger charge is 2.32. The van der Waals surface area contributed by atoms with E-state index in [-0.39, 0.29) is 17.8 Å². The van der Waals surface area contributed by atoms with Gasteiger partial charge in [0.2, 0.25) is 0 Å². The number of methoxy groups -OCH3 is 1. The molecule has 1 aromatic heterocycles. The van der Waals surface area contributed by atoms with Crippen LogP contribution in [0.2, 0.25) is 0 Å². The number of ether oxygens (including phenoxy) is 1. The van der Waals surface area contributed by atoms with E-state index in [0.717, 1.165) is 61.9 Å². The van der Waals surface area contributed by atoms with Crippen LogP contribution in [0.3, 0.4) is 0 Å². The van der Waals surface area contributed by atoms with Gasteiger partial charge in [-0.25, -0.2) is 9.98 Å². The van der Waals surface area contributed by atoms with Crippen LogP contribution in [0.5, 0.6) is 5.75 Å². The van der Waals surface area contributed by atoms with Crippen molar-refractivity contribution in [3.63, 3.8) is 0 Å². The summed E-state index contributed by atoms with van der Waals surface area (Å²) >= 11 is 1.86. The zero-order valence-electron chi connectivity index (χ0n) is 22.0. The van der Waals surface area contributed by atoms with Gasteiger partial charge in [-0.05, 0) is 49.2 Å². The molecule has 192 valence electrons. The van der Waals surface area contributed by atoms with E-state index in [1.165, 1.54) is 21.0 Å². The third kappa shape index (κ3) is 5.61. The van der Waals surface area contributed by atoms with Crippen molar-refractivity contribution in [3.8, 4) is 5.75 Å². The van der Waals surface area contributed by atoms with Crippen molar-refractivity contribution >= 4 is 35.3 Å². The molecule has 3 heterocycles. The number of nitrogens with zero attached hydrogens (tertiary/aromatic N) is 4. The number of halogens is 1. The first-order chi connectivity index (χ1) is 16.8. The molecule has 2 aliphatic rings. The molecule has 1 fully saturated rings. The Balaban J connectivity index is 0.00000304. The molecule has 5 nitrogen and oxygen atoms in total. The molecule has 3 aromatic rings. The van der Waals surface area contributed by atoms with E-state index in [0.29, 0.717) is 6.04 Å². The smallest absolute Gasteiger partial charge is 0.156 e. The first kappa shape index (κ1) is 26.6. The van der Waals surface area contributed by atoms with Crippen molar-refractivity contribution in [1.29, 1.82) is 0 Å². The van der Waals surface area contributed by atoms with E-state index >= 15 is 0 Å². The van der Waals surface area contributed by atoms with Crippen molar-refractivity contribution in [1.82, 2.24) is 14.8 Å². The monoisotopic (exact) mass is 524 g/mol. The van der Waals surface area contributed by atoms with Crippen molar-refractivity contribution in [2.24, 2.45) is 4.99 Å². The van der Waals surface area contributed by atoms with E-state index < -0.39 is 0 Å². The van der Waals surface area contributed by atoms with Gasteiger partial charge in [0, 0.05) is 42.4 Å². The average Bonchev–Trinajstić information content (AvgIpc) is 3.21. The summed E-state index contributed by atoms with van der Waals surface area (Å²) in [7, 11) is 3.97. The molecule has 0 radical (unpaired) electrons. The number of rotatable bonds is 4. The number of hydrogen-bond acceptors (Lipinski definition) is 6. The number of piperazine rings is 1. The summed E-state index contributed by atoms with van der Waals surface area (Å²) < 4.78 is 5.32. The highest BCUT2D eigenvalue weighted by Crippen LogP contribution is 2.36. The van der Waals surface area contributed by atoms with Gasteiger partial charge < -0.3 is 9.64 Å². The van der Waals surface area contributed by atoms with Crippen molar-refractivity contribution in [3.05, 3.63) is 75.2 Å². The molecule has 0 N–H and O–H groups in total. The lowest BCUT2D eigenvalue weighted by molar-refractivity contribution is 0.134. The molecule has 2 aliphatic heterocycles. The highest BCUT2D eigenvalue weighted by atomic mass is 35.5. The average molecular weight is 525 g/mol. The molecule has 36 heavy (non-hydrogen) atoms. The highest BCUT2D eigenvalue weighted by molar-refractivity contribution is 7.12. The largest absolute Gasteiger partial charge is 0.497 e. The predicted molar refractivity (Wildman–Crippen MR) is 153 cm³/mol. The van der Waals surface area contributed by atoms with Gasteiger partial charge in [0.1, 0.15) is 11.4 Å². The summed E-state index contributed by atoms with van der Waals surface area (Å²) in [4.78, 5) is 16.8. The van der Waals surface area contributed by atoms with Gasteiger partial charge >= 0.3 is 0 Å². The Kier molecular flexibility index (Phi) is 8.08. The lowest BCUT2D eigenvalue weighted by Gasteiger charge is -2.40. The van der Waals surface area contributed by atoms with E-state index in [1.54, 1.807) is 7.11 Å². The van der Waals surface area contributed by atoms with Crippen molar-refractivity contribution in [2.75, 3.05) is 33.8 Å². The number of aliphatic imine (C=N–C) groups is 1. The molecule has 0 aliphatic carbocycles. The zero-order chi connectivity index (χ0) is 24.6. The summed E-state index contributed by atoms with van der Waals surface area (Å²) in [6, 6.07) is 17.5. The lowest BCUT2D eigenvalue weighted by atomic mass is 9.98. The van der Waals surface area contributed by atoms with Crippen LogP contribution in [0.15, 0.2) is 53.5 Å². The van der Waals surface area contributed by atoms with Gasteiger partial charge in [0.25, 0.3) is 0 Å². The van der Waals surface area contributed by atoms with Gasteiger partial charge in [0.15, 0.2) is 5.84 Å². The van der Waals surface area contributed by atoms with Crippen LogP contribution in [0.4, 0.5) is 5.69 Å². The Morgan fingerprint density at radius 1 is 1.06 bits per heavy atom. The van der Waals surface area contributed by atoms with Crippen LogP contribution >= 0.6 is 23.7 Å². The molecule has 2 aromatic carbocycles. The van der Waals surface area contributed by atoms with Gasteiger partial charge in [-0.15, -0.1) is 23.7 Å². The van der Waals surface area contributed by atoms with Crippen molar-refractivity contribution < 1.29 is 4.74 Å². The minimum atomic E-state index is 0. The molecule has 0 bridgehead atoms. The lowest BCUT2D eigenvalue weighted by Crippen LogP contribution is -2.53. The molecule has 0 amide bonds. The Labute approximate surface area is 225 Å². The Morgan fingerprint density at radius 2 is 1.81 bits per heavy atom. The summed E-state index contributed by atoms with van der Waals surface area (Å²) in [6.45, 7) is 9.72. The van der Waals surface area contributed by atoms with Crippen LogP contribution in [-0.2, 0) is 18.3 Å². The van der Waals surface area contributed by atoms with Crippen LogP contribution in [0.25, 0.3) is 0 Å². The van der Waals surface area contributed by atoms with E-state index in [9.17, 15) is 0 Å². The fourth-order valence-corrected chi connectivity index (χ4v) is 6.01. The number of aromatic nitrogens is 1. The molecule has 5 rings (SSSR count). The standard InChI is InChI=1S/C29H36N4OS.ClH/c1-29(2,3)28-31-26-25(35-28)18-21-8-6-7-9-24(21)30-27(26)33-17-16-32(4)22(19-33)13-10-20-11-14-23(34-5)15-12-20;/h6-9,11-12,14-15,22H,10,13,16-19H2,1-5H3;1H/t22-;/m0./s1. The quantitative estimate of drug-likeness (QED) is 0.413. The van der Waals surface area contributed by atoms with E-state index in [1.807, 2.05) is 11.3 Å². The number of aryl methyl sites for hydroxylation is 1. The summed E-state index contributed by atoms with van der Waals surface area (Å²) in [6.07, 6.45) is 3.07. The molecule has 0 spiro atoms. The van der Waals surface area contributed by atoms with Crippen LogP contribution in [0, 0.1) is 0 Å². The first-order valence-corrected chi connectivity index (χ1v) is 13.4. The van der Waals surface area contributed by atoms with Crippen LogP contribution < -0.4 is 4.74 Å². The number of likely N-dealkylation sites (N-methyl/N-ethyl adjacent to an activating group) is 1. The normalized spacial score (nSPS) is 18.0. The van der Waals surface area contributed by atoms with Gasteiger partial charge in [-0.3, -0.25) is 4.90 Å². The molecular weight excluding hydrogens is 488 g/mol. The van der Waals surface area contributed by atoms with Gasteiger partial charge in [-0.2, -0.15) is 0 Å². The number of hydrogen-bond donors (Lipinski definition) is 0. The fourth-order valence-electron chi connectivity index (χ4n) is 4.87. The molecule has 1 saturated heterocycles. The maximum atomic E-state index is 5.32. The summed E-state index contributed by atoms with van der Waals surface area (Å²) in [5.74, 6) is 1.97. The Morgan fingerprint density at radius 3 is 2.53 bits per heavy atom. The minimum Gasteiger partial charge on any atom is -0.497 e. The zero-order valence-corrected chi connectivity index (χ0v) is 23.6. The van der Waals surface area contributed by atoms with E-state index in [4.69, 9.17) is 14.7 Å². The van der Waals surface area contributed by atoms with Crippen molar-refractivity contribution in [2.45, 2.75) is 51.5 Å². The number of fused-ring (bicyclic) bond motifs is 2. The minimum absolute atomic E-state index is 0. The SMILES string of the molecule is COc1ccc(CC[C@H]2CN(C3=Nc4ccccc4Cc4sc(C(C)(C)C)nc43)CCN2C)cc1.Cl. The second-order valence-electron chi connectivity index (χ2n) is 10.7. The molecule has 1 atom stereocenters. The summed E-state index contributed by atoms with van der Waals surface area (Å²) in [5.41, 5.74) is 4.85. The van der Waals surface area contributed by atoms with Crippen LogP contribution in [0.1, 0.15) is 53.9 Å². The maximum absolute atomic E-state index is 5.32. The molecule has 0 unspecified atom stereocenters. The molecule has 0 saturated carbocycles. The number of amidine groups is 1. The number of para-hydroxylation sites is 1. The topological polar surface area (TPSA) is 41.0 Å². The second-order valence-corrected chi connectivity index (χ2v) is 11.8. The van der Waals surface area contributed by atoms with Gasteiger partial charge in [0.05, 0.1) is 17.8 Å². The Hall–Kier alpha value is -2.41. The van der Waals surface area contributed by atoms with Crippen LogP contribution in [-0.4, -0.2) is 60.5 Å². The Bertz CT molecular complexity index is 1210. The predicted octanol–water partition coefficient (Wildman–Crippen LogP) is 6.10. The second kappa shape index (κ2) is 10.9. The summed E-state index contributed by atoms with van der Waals surface area (Å²) in [5, 5.41) is 1.19. The fraction of sp³-hybridized carbons (Fsp3) is 0.448. The number of thiazole rings is 1. The third-order valence-corrected chi connectivity index (χ3v) is 8.60. The van der Waals surface area contributed by atoms with E-state index in [2.05, 4.69) is 86.1 Å². The maximum Gasteiger partial charge on any atom is 0.156 e. The molecular formula is C29H37ClN4OS. The first-order valence-electron chi connectivity index (χ1n) is 12.6. The third-order valence-electron chi connectivity index (χ3n) is 7.12. The van der Waals surface area contributed by atoms with Gasteiger partial charge in [-0.1, -0.05) is 51.1 Å². The molecule has 7 heteroatoms.